The van der Waals surface area contributed by atoms with Crippen LogP contribution in [0.1, 0.15) is 21.9 Å². The Morgan fingerprint density at radius 2 is 2.15 bits per heavy atom. The minimum Gasteiger partial charge on any atom is -0.454 e. The zero-order valence-electron chi connectivity index (χ0n) is 14.0. The molecule has 9 heteroatoms. The Hall–Kier alpha value is -2.97. The van der Waals surface area contributed by atoms with E-state index < -0.39 is 5.97 Å². The second-order valence-corrected chi connectivity index (χ2v) is 6.99. The lowest BCUT2D eigenvalue weighted by molar-refractivity contribution is 0.0461. The highest BCUT2D eigenvalue weighted by Crippen LogP contribution is 2.31. The maximum atomic E-state index is 12.6. The quantitative estimate of drug-likeness (QED) is 0.520. The van der Waals surface area contributed by atoms with Gasteiger partial charge in [-0.05, 0) is 24.4 Å². The molecule has 0 aliphatic carbocycles. The van der Waals surface area contributed by atoms with Gasteiger partial charge in [0.15, 0.2) is 0 Å². The van der Waals surface area contributed by atoms with Crippen molar-refractivity contribution in [2.24, 2.45) is 0 Å². The van der Waals surface area contributed by atoms with Gasteiger partial charge in [-0.3, -0.25) is 4.79 Å². The number of hydrogen-bond donors (Lipinski definition) is 1. The number of rotatable bonds is 4. The van der Waals surface area contributed by atoms with Gasteiger partial charge in [-0.2, -0.15) is 0 Å². The second kappa shape index (κ2) is 6.98. The normalized spacial score (nSPS) is 11.0. The van der Waals surface area contributed by atoms with Crippen molar-refractivity contribution in [1.82, 2.24) is 15.1 Å². The molecule has 0 aliphatic heterocycles. The molecule has 0 radical (unpaired) electrons. The molecule has 0 fully saturated rings. The third kappa shape index (κ3) is 3.24. The van der Waals surface area contributed by atoms with Gasteiger partial charge in [0.1, 0.15) is 34.1 Å². The van der Waals surface area contributed by atoms with Crippen molar-refractivity contribution in [2.45, 2.75) is 13.5 Å². The summed E-state index contributed by atoms with van der Waals surface area (Å²) in [7, 11) is 0. The maximum absolute atomic E-state index is 12.6. The Bertz CT molecular complexity index is 1210. The Labute approximate surface area is 161 Å². The molecule has 1 aromatic carbocycles. The third-order valence-electron chi connectivity index (χ3n) is 3.90. The van der Waals surface area contributed by atoms with Crippen LogP contribution in [-0.4, -0.2) is 21.1 Å². The van der Waals surface area contributed by atoms with Gasteiger partial charge in [0.2, 0.25) is 0 Å². The average molecular weight is 402 g/mol. The summed E-state index contributed by atoms with van der Waals surface area (Å²) in [4.78, 5) is 31.5. The molecule has 4 aromatic rings. The van der Waals surface area contributed by atoms with E-state index in [0.717, 1.165) is 0 Å². The lowest BCUT2D eigenvalue weighted by atomic mass is 10.1. The molecule has 0 amide bonds. The molecule has 3 aromatic heterocycles. The molecule has 0 saturated carbocycles. The van der Waals surface area contributed by atoms with E-state index in [1.54, 1.807) is 42.6 Å². The number of halogens is 1. The predicted molar refractivity (Wildman–Crippen MR) is 101 cm³/mol. The van der Waals surface area contributed by atoms with Crippen LogP contribution in [0.5, 0.6) is 0 Å². The predicted octanol–water partition coefficient (Wildman–Crippen LogP) is 3.96. The smallest absolute Gasteiger partial charge is 0.344 e. The van der Waals surface area contributed by atoms with Gasteiger partial charge in [-0.15, -0.1) is 11.3 Å². The fraction of sp³-hybridized carbons (Fsp3) is 0.111. The minimum atomic E-state index is -0.642. The van der Waals surface area contributed by atoms with E-state index in [2.05, 4.69) is 15.1 Å². The molecule has 0 saturated heterocycles. The van der Waals surface area contributed by atoms with Gasteiger partial charge in [0.25, 0.3) is 5.56 Å². The van der Waals surface area contributed by atoms with Crippen LogP contribution in [0, 0.1) is 6.92 Å². The van der Waals surface area contributed by atoms with Crippen molar-refractivity contribution >= 4 is 39.1 Å². The average Bonchev–Trinajstić information content (AvgIpc) is 3.27. The highest BCUT2D eigenvalue weighted by Gasteiger charge is 2.24. The first-order valence-corrected chi connectivity index (χ1v) is 9.15. The van der Waals surface area contributed by atoms with Crippen LogP contribution < -0.4 is 5.56 Å². The zero-order chi connectivity index (χ0) is 19.0. The largest absolute Gasteiger partial charge is 0.454 e. The summed E-state index contributed by atoms with van der Waals surface area (Å²) in [5.74, 6) is -0.0750. The van der Waals surface area contributed by atoms with E-state index in [4.69, 9.17) is 20.9 Å². The topological polar surface area (TPSA) is 98.1 Å². The van der Waals surface area contributed by atoms with Crippen LogP contribution >= 0.6 is 22.9 Å². The van der Waals surface area contributed by atoms with Gasteiger partial charge in [-0.25, -0.2) is 9.78 Å². The Kier molecular flexibility index (Phi) is 4.51. The fourth-order valence-electron chi connectivity index (χ4n) is 2.65. The van der Waals surface area contributed by atoms with Crippen molar-refractivity contribution in [3.63, 3.8) is 0 Å². The number of nitrogens with zero attached hydrogens (tertiary/aromatic N) is 2. The lowest BCUT2D eigenvalue weighted by Crippen LogP contribution is -2.14. The van der Waals surface area contributed by atoms with Crippen LogP contribution in [0.4, 0.5) is 0 Å². The van der Waals surface area contributed by atoms with Gasteiger partial charge in [0, 0.05) is 5.56 Å². The number of thiophene rings is 1. The van der Waals surface area contributed by atoms with Crippen molar-refractivity contribution in [1.29, 1.82) is 0 Å². The number of H-pyrrole nitrogens is 1. The van der Waals surface area contributed by atoms with E-state index in [1.807, 2.05) is 0 Å². The lowest BCUT2D eigenvalue weighted by Gasteiger charge is -2.06. The van der Waals surface area contributed by atoms with Crippen LogP contribution in [0.15, 0.2) is 45.0 Å². The fourth-order valence-corrected chi connectivity index (χ4v) is 3.60. The van der Waals surface area contributed by atoms with E-state index in [1.165, 1.54) is 11.3 Å². The molecule has 0 bridgehead atoms. The maximum Gasteiger partial charge on any atom is 0.344 e. The number of aromatic nitrogens is 3. The van der Waals surface area contributed by atoms with Crippen LogP contribution in [-0.2, 0) is 11.3 Å². The Morgan fingerprint density at radius 3 is 2.96 bits per heavy atom. The molecule has 136 valence electrons. The Morgan fingerprint density at radius 1 is 1.33 bits per heavy atom. The molecular weight excluding hydrogens is 390 g/mol. The van der Waals surface area contributed by atoms with E-state index in [0.29, 0.717) is 32.3 Å². The monoisotopic (exact) mass is 401 g/mol. The van der Waals surface area contributed by atoms with Crippen molar-refractivity contribution in [3.05, 3.63) is 68.2 Å². The van der Waals surface area contributed by atoms with Gasteiger partial charge >= 0.3 is 5.97 Å². The second-order valence-electron chi connectivity index (χ2n) is 5.67. The van der Waals surface area contributed by atoms with Gasteiger partial charge < -0.3 is 14.2 Å². The number of nitrogens with one attached hydrogen (secondary N) is 1. The van der Waals surface area contributed by atoms with Gasteiger partial charge in [0.05, 0.1) is 10.5 Å². The summed E-state index contributed by atoms with van der Waals surface area (Å²) in [6.07, 6.45) is 0. The van der Waals surface area contributed by atoms with Crippen molar-refractivity contribution < 1.29 is 14.1 Å². The number of hydrogen-bond acceptors (Lipinski definition) is 7. The molecule has 0 aliphatic rings. The van der Waals surface area contributed by atoms with Crippen molar-refractivity contribution in [3.8, 4) is 11.3 Å². The number of benzene rings is 1. The molecule has 27 heavy (non-hydrogen) atoms. The van der Waals surface area contributed by atoms with Gasteiger partial charge in [-0.1, -0.05) is 35.0 Å². The molecule has 0 atom stereocenters. The molecule has 1 N–H and O–H groups in total. The summed E-state index contributed by atoms with van der Waals surface area (Å²) in [5, 5.41) is 6.15. The van der Waals surface area contributed by atoms with Crippen molar-refractivity contribution in [2.75, 3.05) is 0 Å². The van der Waals surface area contributed by atoms with E-state index in [-0.39, 0.29) is 23.6 Å². The molecule has 0 spiro atoms. The van der Waals surface area contributed by atoms with E-state index >= 15 is 0 Å². The Balaban J connectivity index is 1.61. The summed E-state index contributed by atoms with van der Waals surface area (Å²) in [6.45, 7) is 1.42. The number of ether oxygens (including phenoxy) is 1. The summed E-state index contributed by atoms with van der Waals surface area (Å²) < 4.78 is 11.0. The highest BCUT2D eigenvalue weighted by molar-refractivity contribution is 7.17. The highest BCUT2D eigenvalue weighted by atomic mass is 35.5. The SMILES string of the molecule is Cc1onc(-c2ccccc2Cl)c1C(=O)OCc1nc2ccsc2c(=O)[nH]1. The van der Waals surface area contributed by atoms with Crippen LogP contribution in [0.2, 0.25) is 5.02 Å². The summed E-state index contributed by atoms with van der Waals surface area (Å²) in [5.41, 5.74) is 1.35. The number of aryl methyl sites for hydroxylation is 1. The molecule has 0 unspecified atom stereocenters. The van der Waals surface area contributed by atoms with Crippen LogP contribution in [0.25, 0.3) is 21.5 Å². The number of aromatic amines is 1. The number of esters is 1. The zero-order valence-corrected chi connectivity index (χ0v) is 15.6. The molecule has 7 nitrogen and oxygen atoms in total. The molecule has 3 heterocycles. The molecular formula is C18H12ClN3O4S. The minimum absolute atomic E-state index is 0.182. The summed E-state index contributed by atoms with van der Waals surface area (Å²) in [6, 6.07) is 8.73. The summed E-state index contributed by atoms with van der Waals surface area (Å²) >= 11 is 7.50. The van der Waals surface area contributed by atoms with Crippen LogP contribution in [0.3, 0.4) is 0 Å². The first-order valence-electron chi connectivity index (χ1n) is 7.89. The first kappa shape index (κ1) is 17.4. The number of fused-ring (bicyclic) bond motifs is 1. The molecule has 4 rings (SSSR count). The van der Waals surface area contributed by atoms with E-state index in [9.17, 15) is 9.59 Å². The third-order valence-corrected chi connectivity index (χ3v) is 5.13. The first-order chi connectivity index (χ1) is 13.0. The number of carbonyl (C=O) groups is 1. The standard InChI is InChI=1S/C18H12ClN3O4S/c1-9-14(15(22-26-9)10-4-2-3-5-11(10)19)18(24)25-8-13-20-12-6-7-27-16(12)17(23)21-13/h2-7H,8H2,1H3,(H,20,21,23). The number of carbonyl (C=O) groups excluding carboxylic acids is 1.